The summed E-state index contributed by atoms with van der Waals surface area (Å²) >= 11 is 0. The molecule has 0 spiro atoms. The summed E-state index contributed by atoms with van der Waals surface area (Å²) in [4.78, 5) is 11.0. The summed E-state index contributed by atoms with van der Waals surface area (Å²) in [5.74, 6) is 0.0666. The van der Waals surface area contributed by atoms with Crippen LogP contribution in [0.2, 0.25) is 0 Å². The standard InChI is InChI=1S/C17H24O3/c1-17(2,16-11-14(12-18)8-9-20-16)15(19)10-13-6-4-3-5-7-13/h3-7,12,14-16,19H,8-11H2,1-2H3. The Bertz CT molecular complexity index is 427. The third-order valence-electron chi connectivity index (χ3n) is 4.48. The highest BCUT2D eigenvalue weighted by Crippen LogP contribution is 2.36. The zero-order valence-corrected chi connectivity index (χ0v) is 12.3. The Hall–Kier alpha value is -1.19. The predicted octanol–water partition coefficient (Wildman–Crippen LogP) is 2.61. The van der Waals surface area contributed by atoms with E-state index in [2.05, 4.69) is 0 Å². The molecule has 1 saturated heterocycles. The molecule has 3 atom stereocenters. The van der Waals surface area contributed by atoms with Crippen LogP contribution in [0.5, 0.6) is 0 Å². The van der Waals surface area contributed by atoms with E-state index in [0.717, 1.165) is 18.3 Å². The summed E-state index contributed by atoms with van der Waals surface area (Å²) in [5.41, 5.74) is 0.758. The number of aliphatic hydroxyl groups is 1. The van der Waals surface area contributed by atoms with Gasteiger partial charge in [-0.2, -0.15) is 0 Å². The quantitative estimate of drug-likeness (QED) is 0.841. The SMILES string of the molecule is CC(C)(C(O)Cc1ccccc1)C1CC(C=O)CCO1. The highest BCUT2D eigenvalue weighted by molar-refractivity contribution is 5.53. The van der Waals surface area contributed by atoms with Crippen LogP contribution in [0, 0.1) is 11.3 Å². The van der Waals surface area contributed by atoms with Crippen molar-refractivity contribution in [1.82, 2.24) is 0 Å². The lowest BCUT2D eigenvalue weighted by Crippen LogP contribution is -2.46. The first-order valence-electron chi connectivity index (χ1n) is 7.33. The minimum Gasteiger partial charge on any atom is -0.392 e. The number of aldehydes is 1. The average Bonchev–Trinajstić information content (AvgIpc) is 2.48. The smallest absolute Gasteiger partial charge is 0.123 e. The van der Waals surface area contributed by atoms with Crippen molar-refractivity contribution in [3.63, 3.8) is 0 Å². The number of carbonyl (C=O) groups excluding carboxylic acids is 1. The normalized spacial score (nSPS) is 25.1. The third kappa shape index (κ3) is 3.47. The fourth-order valence-corrected chi connectivity index (χ4v) is 2.78. The topological polar surface area (TPSA) is 46.5 Å². The Kier molecular flexibility index (Phi) is 4.95. The summed E-state index contributed by atoms with van der Waals surface area (Å²) in [6.45, 7) is 4.66. The lowest BCUT2D eigenvalue weighted by molar-refractivity contribution is -0.131. The molecular weight excluding hydrogens is 252 g/mol. The summed E-state index contributed by atoms with van der Waals surface area (Å²) in [6, 6.07) is 9.98. The molecule has 2 rings (SSSR count). The van der Waals surface area contributed by atoms with E-state index in [1.165, 1.54) is 0 Å². The Morgan fingerprint density at radius 1 is 1.40 bits per heavy atom. The van der Waals surface area contributed by atoms with E-state index >= 15 is 0 Å². The summed E-state index contributed by atoms with van der Waals surface area (Å²) in [7, 11) is 0. The fourth-order valence-electron chi connectivity index (χ4n) is 2.78. The predicted molar refractivity (Wildman–Crippen MR) is 78.5 cm³/mol. The lowest BCUT2D eigenvalue weighted by atomic mass is 9.74. The van der Waals surface area contributed by atoms with Crippen LogP contribution in [0.4, 0.5) is 0 Å². The van der Waals surface area contributed by atoms with Crippen molar-refractivity contribution in [2.24, 2.45) is 11.3 Å². The van der Waals surface area contributed by atoms with Crippen molar-refractivity contribution in [3.8, 4) is 0 Å². The summed E-state index contributed by atoms with van der Waals surface area (Å²) in [6.07, 6.45) is 2.59. The zero-order valence-electron chi connectivity index (χ0n) is 12.3. The fraction of sp³-hybridized carbons (Fsp3) is 0.588. The van der Waals surface area contributed by atoms with Crippen molar-refractivity contribution in [2.75, 3.05) is 6.61 Å². The van der Waals surface area contributed by atoms with Gasteiger partial charge in [-0.25, -0.2) is 0 Å². The highest BCUT2D eigenvalue weighted by Gasteiger charge is 2.40. The van der Waals surface area contributed by atoms with Gasteiger partial charge in [0.1, 0.15) is 6.29 Å². The molecule has 1 aliphatic heterocycles. The van der Waals surface area contributed by atoms with Gasteiger partial charge < -0.3 is 14.6 Å². The van der Waals surface area contributed by atoms with Crippen molar-refractivity contribution in [2.45, 2.75) is 45.3 Å². The molecule has 3 heteroatoms. The average molecular weight is 276 g/mol. The van der Waals surface area contributed by atoms with Crippen LogP contribution in [0.25, 0.3) is 0 Å². The first-order chi connectivity index (χ1) is 9.54. The van der Waals surface area contributed by atoms with Gasteiger partial charge in [-0.3, -0.25) is 0 Å². The number of hydrogen-bond donors (Lipinski definition) is 1. The van der Waals surface area contributed by atoms with Gasteiger partial charge in [0, 0.05) is 17.9 Å². The Morgan fingerprint density at radius 3 is 2.75 bits per heavy atom. The Balaban J connectivity index is 2.02. The van der Waals surface area contributed by atoms with Crippen LogP contribution in [-0.2, 0) is 16.0 Å². The molecule has 1 aromatic carbocycles. The molecule has 1 N–H and O–H groups in total. The second-order valence-electron chi connectivity index (χ2n) is 6.31. The van der Waals surface area contributed by atoms with Gasteiger partial charge in [-0.15, -0.1) is 0 Å². The number of rotatable bonds is 5. The highest BCUT2D eigenvalue weighted by atomic mass is 16.5. The van der Waals surface area contributed by atoms with Crippen molar-refractivity contribution >= 4 is 6.29 Å². The van der Waals surface area contributed by atoms with Crippen molar-refractivity contribution in [3.05, 3.63) is 35.9 Å². The third-order valence-corrected chi connectivity index (χ3v) is 4.48. The van der Waals surface area contributed by atoms with Gasteiger partial charge in [0.05, 0.1) is 12.2 Å². The molecule has 0 saturated carbocycles. The van der Waals surface area contributed by atoms with E-state index in [9.17, 15) is 9.90 Å². The van der Waals surface area contributed by atoms with Crippen LogP contribution in [0.15, 0.2) is 30.3 Å². The summed E-state index contributed by atoms with van der Waals surface area (Å²) < 4.78 is 5.81. The molecule has 0 radical (unpaired) electrons. The number of aliphatic hydroxyl groups excluding tert-OH is 1. The first-order valence-corrected chi connectivity index (χ1v) is 7.33. The molecule has 0 amide bonds. The van der Waals surface area contributed by atoms with E-state index in [-0.39, 0.29) is 17.4 Å². The van der Waals surface area contributed by atoms with E-state index < -0.39 is 6.10 Å². The number of carbonyl (C=O) groups is 1. The maximum atomic E-state index is 11.0. The van der Waals surface area contributed by atoms with E-state index in [4.69, 9.17) is 4.74 Å². The van der Waals surface area contributed by atoms with E-state index in [0.29, 0.717) is 19.4 Å². The molecule has 3 nitrogen and oxygen atoms in total. The maximum absolute atomic E-state index is 11.0. The number of hydrogen-bond acceptors (Lipinski definition) is 3. The molecule has 0 bridgehead atoms. The minimum atomic E-state index is -0.486. The minimum absolute atomic E-state index is 0.0647. The first kappa shape index (κ1) is 15.2. The molecule has 1 fully saturated rings. The largest absolute Gasteiger partial charge is 0.392 e. The molecule has 20 heavy (non-hydrogen) atoms. The second kappa shape index (κ2) is 6.51. The van der Waals surface area contributed by atoms with Gasteiger partial charge in [-0.1, -0.05) is 44.2 Å². The van der Waals surface area contributed by atoms with Crippen LogP contribution in [-0.4, -0.2) is 30.2 Å². The number of ether oxygens (including phenoxy) is 1. The Labute approximate surface area is 121 Å². The molecule has 1 heterocycles. The molecule has 3 unspecified atom stereocenters. The van der Waals surface area contributed by atoms with Gasteiger partial charge in [0.2, 0.25) is 0 Å². The molecule has 110 valence electrons. The van der Waals surface area contributed by atoms with Crippen LogP contribution < -0.4 is 0 Å². The maximum Gasteiger partial charge on any atom is 0.123 e. The molecule has 1 aromatic rings. The van der Waals surface area contributed by atoms with Gasteiger partial charge in [-0.05, 0) is 24.8 Å². The summed E-state index contributed by atoms with van der Waals surface area (Å²) in [5, 5.41) is 10.6. The van der Waals surface area contributed by atoms with Crippen LogP contribution in [0.1, 0.15) is 32.3 Å². The number of benzene rings is 1. The van der Waals surface area contributed by atoms with E-state index in [1.54, 1.807) is 0 Å². The molecule has 0 aliphatic carbocycles. The Morgan fingerprint density at radius 2 is 2.10 bits per heavy atom. The monoisotopic (exact) mass is 276 g/mol. The van der Waals surface area contributed by atoms with Gasteiger partial charge >= 0.3 is 0 Å². The molecular formula is C17H24O3. The molecule has 1 aliphatic rings. The molecule has 0 aromatic heterocycles. The second-order valence-corrected chi connectivity index (χ2v) is 6.31. The van der Waals surface area contributed by atoms with E-state index in [1.807, 2.05) is 44.2 Å². The van der Waals surface area contributed by atoms with Gasteiger partial charge in [0.25, 0.3) is 0 Å². The van der Waals surface area contributed by atoms with Crippen molar-refractivity contribution < 1.29 is 14.6 Å². The van der Waals surface area contributed by atoms with Crippen LogP contribution >= 0.6 is 0 Å². The van der Waals surface area contributed by atoms with Gasteiger partial charge in [0.15, 0.2) is 0 Å². The van der Waals surface area contributed by atoms with Crippen LogP contribution in [0.3, 0.4) is 0 Å². The zero-order chi connectivity index (χ0) is 14.6. The lowest BCUT2D eigenvalue weighted by Gasteiger charge is -2.41. The van der Waals surface area contributed by atoms with Crippen molar-refractivity contribution in [1.29, 1.82) is 0 Å².